The molecule has 0 fully saturated rings. The van der Waals surface area contributed by atoms with Gasteiger partial charge in [0.15, 0.2) is 17.6 Å². The second-order valence-corrected chi connectivity index (χ2v) is 9.41. The minimum Gasteiger partial charge on any atom is -0.497 e. The molecule has 10 heteroatoms. The molecule has 208 valence electrons. The number of benzene rings is 3. The van der Waals surface area contributed by atoms with E-state index in [0.717, 1.165) is 10.8 Å². The number of nitrogens with zero attached hydrogens (tertiary/aromatic N) is 2. The van der Waals surface area contributed by atoms with Crippen LogP contribution in [0.15, 0.2) is 65.6 Å². The van der Waals surface area contributed by atoms with Crippen LogP contribution in [-0.4, -0.2) is 49.8 Å². The molecular formula is C31H27N3O7. The van der Waals surface area contributed by atoms with Gasteiger partial charge in [-0.3, -0.25) is 19.0 Å². The molecule has 3 aromatic carbocycles. The summed E-state index contributed by atoms with van der Waals surface area (Å²) >= 11 is 0. The highest BCUT2D eigenvalue weighted by molar-refractivity contribution is 6.19. The number of ether oxygens (including phenoxy) is 5. The van der Waals surface area contributed by atoms with E-state index in [9.17, 15) is 9.59 Å². The Kier molecular flexibility index (Phi) is 6.37. The third kappa shape index (κ3) is 4.07. The molecule has 41 heavy (non-hydrogen) atoms. The molecule has 1 atom stereocenters. The largest absolute Gasteiger partial charge is 0.497 e. The van der Waals surface area contributed by atoms with Gasteiger partial charge < -0.3 is 29.0 Å². The molecule has 0 radical (unpaired) electrons. The molecule has 1 N–H and O–H groups in total. The monoisotopic (exact) mass is 553 g/mol. The molecule has 0 saturated carbocycles. The zero-order valence-electron chi connectivity index (χ0n) is 23.1. The van der Waals surface area contributed by atoms with E-state index in [1.807, 2.05) is 18.2 Å². The van der Waals surface area contributed by atoms with Crippen LogP contribution in [0.5, 0.6) is 28.7 Å². The fourth-order valence-corrected chi connectivity index (χ4v) is 5.28. The van der Waals surface area contributed by atoms with Crippen molar-refractivity contribution in [1.82, 2.24) is 9.38 Å². The van der Waals surface area contributed by atoms with Crippen molar-refractivity contribution in [2.75, 3.05) is 33.8 Å². The summed E-state index contributed by atoms with van der Waals surface area (Å²) in [6, 6.07) is 16.0. The van der Waals surface area contributed by atoms with E-state index in [4.69, 9.17) is 23.7 Å². The Bertz CT molecular complexity index is 2020. The number of aromatic nitrogens is 2. The highest BCUT2D eigenvalue weighted by atomic mass is 16.5. The maximum Gasteiger partial charge on any atom is 0.267 e. The van der Waals surface area contributed by atoms with Crippen molar-refractivity contribution in [3.63, 3.8) is 0 Å². The first-order valence-corrected chi connectivity index (χ1v) is 12.8. The molecule has 0 unspecified atom stereocenters. The van der Waals surface area contributed by atoms with Crippen LogP contribution < -0.4 is 34.6 Å². The van der Waals surface area contributed by atoms with Gasteiger partial charge in [0.05, 0.1) is 56.1 Å². The first kappa shape index (κ1) is 26.0. The van der Waals surface area contributed by atoms with E-state index < -0.39 is 6.10 Å². The summed E-state index contributed by atoms with van der Waals surface area (Å²) in [6.07, 6.45) is 0.871. The van der Waals surface area contributed by atoms with Gasteiger partial charge in [-0.25, -0.2) is 0 Å². The lowest BCUT2D eigenvalue weighted by Gasteiger charge is -2.17. The van der Waals surface area contributed by atoms with E-state index in [1.165, 1.54) is 21.3 Å². The summed E-state index contributed by atoms with van der Waals surface area (Å²) in [6.45, 7) is 1.66. The van der Waals surface area contributed by atoms with Crippen molar-refractivity contribution in [2.45, 2.75) is 13.0 Å². The number of amides is 1. The van der Waals surface area contributed by atoms with Crippen molar-refractivity contribution in [3.05, 3.63) is 71.1 Å². The van der Waals surface area contributed by atoms with Crippen LogP contribution in [0.1, 0.15) is 6.92 Å². The first-order valence-electron chi connectivity index (χ1n) is 12.8. The van der Waals surface area contributed by atoms with Gasteiger partial charge in [-0.05, 0) is 55.5 Å². The maximum absolute atomic E-state index is 13.9. The second kappa shape index (κ2) is 10.1. The van der Waals surface area contributed by atoms with Crippen LogP contribution in [0.25, 0.3) is 38.1 Å². The average molecular weight is 554 g/mol. The van der Waals surface area contributed by atoms with Crippen molar-refractivity contribution in [2.24, 2.45) is 0 Å². The number of methoxy groups -OCH3 is 4. The van der Waals surface area contributed by atoms with Crippen molar-refractivity contribution in [1.29, 1.82) is 0 Å². The van der Waals surface area contributed by atoms with Gasteiger partial charge in [-0.15, -0.1) is 0 Å². The van der Waals surface area contributed by atoms with Crippen molar-refractivity contribution >= 4 is 49.7 Å². The quantitative estimate of drug-likeness (QED) is 0.261. The zero-order chi connectivity index (χ0) is 28.8. The molecule has 0 saturated heterocycles. The summed E-state index contributed by atoms with van der Waals surface area (Å²) in [5, 5.41) is 5.52. The van der Waals surface area contributed by atoms with Gasteiger partial charge in [0.25, 0.3) is 11.5 Å². The summed E-state index contributed by atoms with van der Waals surface area (Å²) in [7, 11) is 6.11. The molecule has 1 amide bonds. The number of carbonyl (C=O) groups is 1. The minimum atomic E-state index is -0.841. The number of hydrogen-bond acceptors (Lipinski definition) is 8. The summed E-state index contributed by atoms with van der Waals surface area (Å²) in [5.41, 5.74) is 2.26. The molecule has 10 nitrogen and oxygen atoms in total. The van der Waals surface area contributed by atoms with E-state index in [-0.39, 0.29) is 11.5 Å². The Hall–Kier alpha value is -5.25. The van der Waals surface area contributed by atoms with Crippen LogP contribution in [-0.2, 0) is 4.79 Å². The Morgan fingerprint density at radius 2 is 1.59 bits per heavy atom. The highest BCUT2D eigenvalue weighted by Gasteiger charge is 2.23. The van der Waals surface area contributed by atoms with Crippen LogP contribution in [0.2, 0.25) is 0 Å². The van der Waals surface area contributed by atoms with Crippen LogP contribution in [0.4, 0.5) is 5.69 Å². The molecular weight excluding hydrogens is 526 g/mol. The predicted molar refractivity (Wildman–Crippen MR) is 157 cm³/mol. The number of anilines is 1. The molecule has 0 aliphatic carbocycles. The van der Waals surface area contributed by atoms with Gasteiger partial charge in [0.1, 0.15) is 17.2 Å². The zero-order valence-corrected chi connectivity index (χ0v) is 23.1. The van der Waals surface area contributed by atoms with Crippen LogP contribution in [0.3, 0.4) is 0 Å². The normalized spacial score (nSPS) is 12.1. The molecule has 6 rings (SSSR count). The van der Waals surface area contributed by atoms with E-state index in [2.05, 4.69) is 10.3 Å². The maximum atomic E-state index is 13.9. The number of rotatable bonds is 8. The number of carbonyl (C=O) groups excluding carboxylic acids is 1. The Morgan fingerprint density at radius 3 is 2.32 bits per heavy atom. The minimum absolute atomic E-state index is 0.245. The molecule has 3 heterocycles. The molecule has 0 bridgehead atoms. The summed E-state index contributed by atoms with van der Waals surface area (Å²) < 4.78 is 29.4. The summed E-state index contributed by atoms with van der Waals surface area (Å²) in [4.78, 5) is 31.6. The van der Waals surface area contributed by atoms with E-state index in [1.54, 1.807) is 61.0 Å². The lowest BCUT2D eigenvalue weighted by Crippen LogP contribution is -2.30. The molecule has 3 aromatic heterocycles. The Balaban J connectivity index is 1.42. The van der Waals surface area contributed by atoms with Crippen LogP contribution in [0, 0.1) is 0 Å². The third-order valence-electron chi connectivity index (χ3n) is 7.21. The first-order chi connectivity index (χ1) is 19.9. The predicted octanol–water partition coefficient (Wildman–Crippen LogP) is 5.03. The Morgan fingerprint density at radius 1 is 0.829 bits per heavy atom. The van der Waals surface area contributed by atoms with Gasteiger partial charge >= 0.3 is 0 Å². The fourth-order valence-electron chi connectivity index (χ4n) is 5.28. The SMILES string of the molecule is COc1ccc(OC)c(NC(=O)[C@@H](C)Oc2ccc3c(c2)c2ccnc4c5ccc(OC)c(OC)c5c(=O)n3c24)c1. The van der Waals surface area contributed by atoms with Gasteiger partial charge in [-0.1, -0.05) is 0 Å². The van der Waals surface area contributed by atoms with Crippen molar-refractivity contribution in [3.8, 4) is 28.7 Å². The van der Waals surface area contributed by atoms with E-state index >= 15 is 0 Å². The lowest BCUT2D eigenvalue weighted by molar-refractivity contribution is -0.122. The Labute approximate surface area is 234 Å². The molecule has 0 spiro atoms. The second-order valence-electron chi connectivity index (χ2n) is 9.41. The standard InChI is InChI=1S/C31H27N3O7/c1-16(30(35)33-22-15-17(37-2)7-10-24(22)38-3)41-18-6-9-23-21(14-18)19-12-13-32-27-20-8-11-25(39-4)29(40-5)26(20)31(36)34(23)28(19)27/h6-16H,1-5H3,(H,33,35)/t16-/m1/s1. The van der Waals surface area contributed by atoms with Gasteiger partial charge in [0.2, 0.25) is 0 Å². The fraction of sp³-hybridized carbons (Fsp3) is 0.194. The number of pyridine rings is 2. The van der Waals surface area contributed by atoms with E-state index in [0.29, 0.717) is 61.8 Å². The van der Waals surface area contributed by atoms with Gasteiger partial charge in [0, 0.05) is 28.4 Å². The topological polar surface area (TPSA) is 110 Å². The molecule has 0 aliphatic heterocycles. The number of hydrogen-bond donors (Lipinski definition) is 1. The third-order valence-corrected chi connectivity index (χ3v) is 7.21. The number of nitrogens with one attached hydrogen (secondary N) is 1. The number of fused-ring (bicyclic) bond motifs is 5. The lowest BCUT2D eigenvalue weighted by atomic mass is 10.1. The van der Waals surface area contributed by atoms with Crippen molar-refractivity contribution < 1.29 is 28.5 Å². The highest BCUT2D eigenvalue weighted by Crippen LogP contribution is 2.39. The van der Waals surface area contributed by atoms with Gasteiger partial charge in [-0.2, -0.15) is 0 Å². The average Bonchev–Trinajstić information content (AvgIpc) is 3.33. The smallest absolute Gasteiger partial charge is 0.267 e. The molecule has 6 aromatic rings. The summed E-state index contributed by atoms with van der Waals surface area (Å²) in [5.74, 6) is 2.00. The molecule has 0 aliphatic rings. The van der Waals surface area contributed by atoms with Crippen LogP contribution >= 0.6 is 0 Å².